The number of hydrogen-bond donors (Lipinski definition) is 1. The van der Waals surface area contributed by atoms with E-state index in [0.717, 1.165) is 34.4 Å². The van der Waals surface area contributed by atoms with Crippen LogP contribution >= 0.6 is 35.0 Å². The van der Waals surface area contributed by atoms with Crippen molar-refractivity contribution >= 4 is 40.9 Å². The van der Waals surface area contributed by atoms with Crippen molar-refractivity contribution in [3.8, 4) is 28.7 Å². The lowest BCUT2D eigenvalue weighted by atomic mass is 9.99. The molecule has 3 atom stereocenters. The average Bonchev–Trinajstić information content (AvgIpc) is 3.56. The summed E-state index contributed by atoms with van der Waals surface area (Å²) in [6.45, 7) is 3.81. The van der Waals surface area contributed by atoms with Crippen LogP contribution in [0.1, 0.15) is 68.4 Å². The molecule has 12 heteroatoms. The first-order chi connectivity index (χ1) is 22.6. The fourth-order valence-corrected chi connectivity index (χ4v) is 6.57. The molecule has 1 saturated heterocycles. The van der Waals surface area contributed by atoms with E-state index < -0.39 is 0 Å². The number of methoxy groups -OCH3 is 4. The molecule has 1 heterocycles. The van der Waals surface area contributed by atoms with E-state index >= 15 is 0 Å². The van der Waals surface area contributed by atoms with Gasteiger partial charge < -0.3 is 28.4 Å². The summed E-state index contributed by atoms with van der Waals surface area (Å²) in [5.41, 5.74) is 2.31. The van der Waals surface area contributed by atoms with Crippen LogP contribution in [0.5, 0.6) is 28.7 Å². The molecule has 1 aliphatic rings. The SMILES string of the molecule is CCCC(=O)N(O)C=CCc1cc(C2CCC(c3cc(OC)c(OC)c(OC)c3)O2)cc(OC)c1OC(C)Sc1ccc(Cl)c(Cl)c1. The molecular formula is C35H41Cl2NO8S. The van der Waals surface area contributed by atoms with Gasteiger partial charge in [-0.15, -0.1) is 0 Å². The van der Waals surface area contributed by atoms with E-state index in [4.69, 9.17) is 51.6 Å². The van der Waals surface area contributed by atoms with E-state index in [0.29, 0.717) is 56.7 Å². The molecule has 9 nitrogen and oxygen atoms in total. The van der Waals surface area contributed by atoms with Gasteiger partial charge in [0.05, 0.1) is 50.7 Å². The number of carbonyl (C=O) groups excluding carboxylic acids is 1. The first-order valence-corrected chi connectivity index (χ1v) is 16.9. The maximum Gasteiger partial charge on any atom is 0.250 e. The van der Waals surface area contributed by atoms with Crippen molar-refractivity contribution in [1.29, 1.82) is 0 Å². The number of allylic oxidation sites excluding steroid dienone is 1. The Labute approximate surface area is 290 Å². The van der Waals surface area contributed by atoms with Crippen molar-refractivity contribution in [2.45, 2.75) is 68.5 Å². The maximum atomic E-state index is 12.1. The van der Waals surface area contributed by atoms with Gasteiger partial charge >= 0.3 is 0 Å². The van der Waals surface area contributed by atoms with Gasteiger partial charge in [-0.1, -0.05) is 48.0 Å². The van der Waals surface area contributed by atoms with Gasteiger partial charge in [0.1, 0.15) is 5.44 Å². The van der Waals surface area contributed by atoms with Gasteiger partial charge in [-0.05, 0) is 86.2 Å². The van der Waals surface area contributed by atoms with Crippen molar-refractivity contribution in [3.05, 3.63) is 81.5 Å². The number of nitrogens with zero attached hydrogens (tertiary/aromatic N) is 1. The molecule has 3 unspecified atom stereocenters. The second kappa shape index (κ2) is 17.2. The van der Waals surface area contributed by atoms with Crippen LogP contribution in [-0.4, -0.2) is 50.1 Å². The Morgan fingerprint density at radius 2 is 1.53 bits per heavy atom. The minimum absolute atomic E-state index is 0.200. The monoisotopic (exact) mass is 705 g/mol. The number of ether oxygens (including phenoxy) is 6. The summed E-state index contributed by atoms with van der Waals surface area (Å²) in [5, 5.41) is 11.8. The maximum absolute atomic E-state index is 12.1. The van der Waals surface area contributed by atoms with Gasteiger partial charge in [0.2, 0.25) is 11.7 Å². The second-order valence-electron chi connectivity index (χ2n) is 10.8. The summed E-state index contributed by atoms with van der Waals surface area (Å²) in [6, 6.07) is 13.2. The van der Waals surface area contributed by atoms with Gasteiger partial charge in [-0.2, -0.15) is 5.06 Å². The van der Waals surface area contributed by atoms with Crippen molar-refractivity contribution in [1.82, 2.24) is 5.06 Å². The zero-order valence-corrected chi connectivity index (χ0v) is 29.7. The Hall–Kier alpha value is -3.28. The van der Waals surface area contributed by atoms with Crippen LogP contribution in [0.15, 0.2) is 59.6 Å². The molecule has 4 rings (SSSR count). The summed E-state index contributed by atoms with van der Waals surface area (Å²) in [4.78, 5) is 13.0. The third-order valence-corrected chi connectivity index (χ3v) is 9.30. The molecule has 0 spiro atoms. The van der Waals surface area contributed by atoms with Crippen LogP contribution in [0.4, 0.5) is 0 Å². The fourth-order valence-electron chi connectivity index (χ4n) is 5.34. The number of benzene rings is 3. The lowest BCUT2D eigenvalue weighted by molar-refractivity contribution is -0.154. The molecule has 0 aromatic heterocycles. The minimum atomic E-state index is -0.379. The van der Waals surface area contributed by atoms with Crippen LogP contribution in [-0.2, 0) is 16.0 Å². The van der Waals surface area contributed by atoms with E-state index in [2.05, 4.69) is 0 Å². The van der Waals surface area contributed by atoms with Crippen LogP contribution in [0.3, 0.4) is 0 Å². The van der Waals surface area contributed by atoms with Crippen molar-refractivity contribution in [3.63, 3.8) is 0 Å². The van der Waals surface area contributed by atoms with E-state index in [-0.39, 0.29) is 30.0 Å². The first kappa shape index (κ1) is 36.6. The lowest BCUT2D eigenvalue weighted by Gasteiger charge is -2.22. The van der Waals surface area contributed by atoms with Crippen LogP contribution in [0.2, 0.25) is 10.0 Å². The molecule has 0 saturated carbocycles. The smallest absolute Gasteiger partial charge is 0.250 e. The minimum Gasteiger partial charge on any atom is -0.493 e. The molecule has 1 aliphatic heterocycles. The highest BCUT2D eigenvalue weighted by Gasteiger charge is 2.31. The van der Waals surface area contributed by atoms with Gasteiger partial charge in [-0.3, -0.25) is 10.0 Å². The van der Waals surface area contributed by atoms with E-state index in [1.54, 1.807) is 46.6 Å². The molecular weight excluding hydrogens is 665 g/mol. The molecule has 254 valence electrons. The summed E-state index contributed by atoms with van der Waals surface area (Å²) in [7, 11) is 6.34. The highest BCUT2D eigenvalue weighted by atomic mass is 35.5. The molecule has 1 N–H and O–H groups in total. The van der Waals surface area contributed by atoms with Gasteiger partial charge in [0.15, 0.2) is 23.0 Å². The number of carbonyl (C=O) groups is 1. The summed E-state index contributed by atoms with van der Waals surface area (Å²) < 4.78 is 35.5. The van der Waals surface area contributed by atoms with Gasteiger partial charge in [0.25, 0.3) is 0 Å². The Balaban J connectivity index is 1.63. The number of hydrogen-bond acceptors (Lipinski definition) is 9. The highest BCUT2D eigenvalue weighted by Crippen LogP contribution is 2.48. The highest BCUT2D eigenvalue weighted by molar-refractivity contribution is 7.99. The molecule has 0 bridgehead atoms. The zero-order chi connectivity index (χ0) is 34.1. The standard InChI is InChI=1S/C35H41Cl2NO8S/c1-7-9-33(39)38(40)15-8-10-22-16-23(17-30(41-3)34(22)45-21(2)47-25-11-12-26(36)27(37)20-25)28-13-14-29(46-28)24-18-31(42-4)35(44-6)32(19-24)43-5/h8,11-12,15-21,28-29,40H,7,9-10,13-14H2,1-6H3. The van der Waals surface area contributed by atoms with Crippen LogP contribution < -0.4 is 23.7 Å². The Bertz CT molecular complexity index is 1540. The fraction of sp³-hybridized carbons (Fsp3) is 0.400. The Morgan fingerprint density at radius 3 is 2.09 bits per heavy atom. The number of amides is 1. The number of rotatable bonds is 15. The Kier molecular flexibility index (Phi) is 13.4. The van der Waals surface area contributed by atoms with Crippen LogP contribution in [0.25, 0.3) is 0 Å². The quantitative estimate of drug-likeness (QED) is 0.0718. The van der Waals surface area contributed by atoms with Gasteiger partial charge in [0, 0.05) is 23.1 Å². The molecule has 3 aromatic rings. The number of thioether (sulfide) groups is 1. The predicted molar refractivity (Wildman–Crippen MR) is 184 cm³/mol. The first-order valence-electron chi connectivity index (χ1n) is 15.2. The Morgan fingerprint density at radius 1 is 0.936 bits per heavy atom. The topological polar surface area (TPSA) is 95.9 Å². The van der Waals surface area contributed by atoms with Crippen molar-refractivity contribution in [2.75, 3.05) is 28.4 Å². The average molecular weight is 707 g/mol. The largest absolute Gasteiger partial charge is 0.493 e. The summed E-state index contributed by atoms with van der Waals surface area (Å²) in [6.07, 6.45) is 5.41. The molecule has 1 fully saturated rings. The van der Waals surface area contributed by atoms with E-state index in [1.807, 2.05) is 44.2 Å². The van der Waals surface area contributed by atoms with Crippen molar-refractivity contribution < 1.29 is 38.4 Å². The van der Waals surface area contributed by atoms with Crippen molar-refractivity contribution in [2.24, 2.45) is 0 Å². The number of halogens is 2. The summed E-state index contributed by atoms with van der Waals surface area (Å²) in [5.74, 6) is 2.36. The van der Waals surface area contributed by atoms with Crippen LogP contribution in [0, 0.1) is 0 Å². The number of hydroxylamine groups is 2. The third-order valence-electron chi connectivity index (χ3n) is 7.60. The second-order valence-corrected chi connectivity index (χ2v) is 13.0. The lowest BCUT2D eigenvalue weighted by Crippen LogP contribution is -2.20. The zero-order valence-electron chi connectivity index (χ0n) is 27.4. The molecule has 1 amide bonds. The predicted octanol–water partition coefficient (Wildman–Crippen LogP) is 9.21. The molecule has 3 aromatic carbocycles. The van der Waals surface area contributed by atoms with E-state index in [1.165, 1.54) is 18.0 Å². The third kappa shape index (κ3) is 9.21. The molecule has 0 aliphatic carbocycles. The normalized spacial score (nSPS) is 16.6. The van der Waals surface area contributed by atoms with E-state index in [9.17, 15) is 10.0 Å². The molecule has 47 heavy (non-hydrogen) atoms. The summed E-state index contributed by atoms with van der Waals surface area (Å²) >= 11 is 13.8. The molecule has 0 radical (unpaired) electrons. The van der Waals surface area contributed by atoms with Gasteiger partial charge in [-0.25, -0.2) is 0 Å².